The van der Waals surface area contributed by atoms with Crippen molar-refractivity contribution in [2.24, 2.45) is 0 Å². The third-order valence-electron chi connectivity index (χ3n) is 4.15. The Morgan fingerprint density at radius 3 is 2.74 bits per heavy atom. The zero-order valence-corrected chi connectivity index (χ0v) is 12.6. The highest BCUT2D eigenvalue weighted by molar-refractivity contribution is 7.25. The zero-order chi connectivity index (χ0) is 16.4. The van der Waals surface area contributed by atoms with Crippen LogP contribution in [0.2, 0.25) is 0 Å². The van der Waals surface area contributed by atoms with Gasteiger partial charge in [0.2, 0.25) is 0 Å². The van der Waals surface area contributed by atoms with Crippen molar-refractivity contribution in [3.8, 4) is 5.75 Å². The SMILES string of the molecule is O=c1cc(O)c2sc3nc4c(c(C(F)(F)F)c3c2[nH]1)CCCC4. The zero-order valence-electron chi connectivity index (χ0n) is 11.8. The van der Waals surface area contributed by atoms with Gasteiger partial charge < -0.3 is 10.1 Å². The van der Waals surface area contributed by atoms with E-state index in [1.165, 1.54) is 0 Å². The third kappa shape index (κ3) is 2.12. The number of alkyl halides is 3. The molecule has 120 valence electrons. The number of hydrogen-bond acceptors (Lipinski definition) is 4. The first-order chi connectivity index (χ1) is 10.9. The number of aromatic hydroxyl groups is 1. The predicted molar refractivity (Wildman–Crippen MR) is 81.1 cm³/mol. The minimum atomic E-state index is -4.54. The maximum absolute atomic E-state index is 13.7. The van der Waals surface area contributed by atoms with Crippen LogP contribution in [0, 0.1) is 0 Å². The van der Waals surface area contributed by atoms with Crippen LogP contribution >= 0.6 is 11.3 Å². The van der Waals surface area contributed by atoms with Gasteiger partial charge >= 0.3 is 6.18 Å². The van der Waals surface area contributed by atoms with Gasteiger partial charge in [-0.25, -0.2) is 4.98 Å². The van der Waals surface area contributed by atoms with Gasteiger partial charge in [-0.1, -0.05) is 0 Å². The molecular weight excluding hydrogens is 329 g/mol. The van der Waals surface area contributed by atoms with E-state index in [-0.39, 0.29) is 31.7 Å². The summed E-state index contributed by atoms with van der Waals surface area (Å²) in [7, 11) is 0. The Balaban J connectivity index is 2.26. The minimum absolute atomic E-state index is 0.0169. The van der Waals surface area contributed by atoms with E-state index in [1.54, 1.807) is 0 Å². The standard InChI is InChI=1S/C15H11F3N2O2S/c16-15(17,18)11-6-3-1-2-4-7(6)19-14-10(11)12-13(23-14)8(21)5-9(22)20-12/h5H,1-4H2,(H2,20,21,22). The van der Waals surface area contributed by atoms with Gasteiger partial charge in [0, 0.05) is 17.1 Å². The summed E-state index contributed by atoms with van der Waals surface area (Å²) in [4.78, 5) is 18.6. The monoisotopic (exact) mass is 340 g/mol. The van der Waals surface area contributed by atoms with E-state index < -0.39 is 17.3 Å². The highest BCUT2D eigenvalue weighted by Gasteiger charge is 2.39. The van der Waals surface area contributed by atoms with Gasteiger partial charge in [0.15, 0.2) is 0 Å². The number of aromatic amines is 1. The van der Waals surface area contributed by atoms with Crippen molar-refractivity contribution in [2.45, 2.75) is 31.9 Å². The first-order valence-electron chi connectivity index (χ1n) is 7.13. The van der Waals surface area contributed by atoms with Crippen molar-refractivity contribution in [1.29, 1.82) is 0 Å². The molecule has 0 atom stereocenters. The number of aromatic nitrogens is 2. The van der Waals surface area contributed by atoms with Gasteiger partial charge in [0.25, 0.3) is 5.56 Å². The second kappa shape index (κ2) is 4.70. The molecule has 0 amide bonds. The number of halogens is 3. The first kappa shape index (κ1) is 14.5. The van der Waals surface area contributed by atoms with Gasteiger partial charge in [0.05, 0.1) is 15.8 Å². The molecule has 4 rings (SSSR count). The molecule has 0 aromatic carbocycles. The molecule has 0 bridgehead atoms. The summed E-state index contributed by atoms with van der Waals surface area (Å²) in [6, 6.07) is 0.963. The number of pyridine rings is 2. The Morgan fingerprint density at radius 2 is 2.00 bits per heavy atom. The number of nitrogens with one attached hydrogen (secondary N) is 1. The van der Waals surface area contributed by atoms with Crippen LogP contribution in [-0.4, -0.2) is 15.1 Å². The Bertz CT molecular complexity index is 1000. The molecule has 1 aliphatic rings. The molecule has 8 heteroatoms. The van der Waals surface area contributed by atoms with Crippen LogP contribution in [0.15, 0.2) is 10.9 Å². The summed E-state index contributed by atoms with van der Waals surface area (Å²) in [5.74, 6) is -0.321. The summed E-state index contributed by atoms with van der Waals surface area (Å²) in [5, 5.41) is 9.79. The summed E-state index contributed by atoms with van der Waals surface area (Å²) >= 11 is 0.969. The third-order valence-corrected chi connectivity index (χ3v) is 5.25. The highest BCUT2D eigenvalue weighted by Crippen LogP contribution is 2.46. The molecule has 0 radical (unpaired) electrons. The molecule has 0 spiro atoms. The molecule has 3 aromatic rings. The molecule has 4 nitrogen and oxygen atoms in total. The smallest absolute Gasteiger partial charge is 0.417 e. The van der Waals surface area contributed by atoms with Crippen molar-refractivity contribution in [1.82, 2.24) is 9.97 Å². The topological polar surface area (TPSA) is 66.0 Å². The Labute approximate surface area is 131 Å². The van der Waals surface area contributed by atoms with Crippen molar-refractivity contribution in [3.05, 3.63) is 33.2 Å². The first-order valence-corrected chi connectivity index (χ1v) is 7.95. The number of rotatable bonds is 0. The average molecular weight is 340 g/mol. The number of H-pyrrole nitrogens is 1. The second-order valence-electron chi connectivity index (χ2n) is 5.62. The molecule has 0 saturated heterocycles. The average Bonchev–Trinajstić information content (AvgIpc) is 2.82. The fourth-order valence-electron chi connectivity index (χ4n) is 3.25. The summed E-state index contributed by atoms with van der Waals surface area (Å²) < 4.78 is 41.4. The lowest BCUT2D eigenvalue weighted by Gasteiger charge is -2.21. The van der Waals surface area contributed by atoms with Crippen LogP contribution in [0.5, 0.6) is 5.75 Å². The summed E-state index contributed by atoms with van der Waals surface area (Å²) in [6.07, 6.45) is -2.19. The molecular formula is C15H11F3N2O2S. The summed E-state index contributed by atoms with van der Waals surface area (Å²) in [6.45, 7) is 0. The van der Waals surface area contributed by atoms with Gasteiger partial charge in [-0.3, -0.25) is 4.79 Å². The van der Waals surface area contributed by atoms with Crippen LogP contribution in [0.3, 0.4) is 0 Å². The molecule has 0 unspecified atom stereocenters. The maximum Gasteiger partial charge on any atom is 0.417 e. The lowest BCUT2D eigenvalue weighted by Crippen LogP contribution is -2.16. The van der Waals surface area contributed by atoms with E-state index in [0.717, 1.165) is 23.8 Å². The van der Waals surface area contributed by atoms with Crippen LogP contribution in [-0.2, 0) is 19.0 Å². The van der Waals surface area contributed by atoms with E-state index in [0.29, 0.717) is 25.0 Å². The molecule has 0 aliphatic heterocycles. The Kier molecular flexibility index (Phi) is 2.96. The molecule has 0 saturated carbocycles. The lowest BCUT2D eigenvalue weighted by molar-refractivity contribution is -0.137. The largest absolute Gasteiger partial charge is 0.506 e. The molecule has 2 N–H and O–H groups in total. The normalized spacial score (nSPS) is 15.3. The lowest BCUT2D eigenvalue weighted by atomic mass is 9.90. The minimum Gasteiger partial charge on any atom is -0.506 e. The van der Waals surface area contributed by atoms with E-state index in [1.807, 2.05) is 0 Å². The van der Waals surface area contributed by atoms with Crippen LogP contribution in [0.1, 0.15) is 29.7 Å². The molecule has 23 heavy (non-hydrogen) atoms. The molecule has 3 heterocycles. The predicted octanol–water partition coefficient (Wildman–Crippen LogP) is 3.74. The van der Waals surface area contributed by atoms with Crippen LogP contribution < -0.4 is 5.56 Å². The quantitative estimate of drug-likeness (QED) is 0.655. The second-order valence-corrected chi connectivity index (χ2v) is 6.62. The Hall–Kier alpha value is -2.09. The number of thiophene rings is 1. The van der Waals surface area contributed by atoms with Crippen molar-refractivity contribution in [3.63, 3.8) is 0 Å². The van der Waals surface area contributed by atoms with Gasteiger partial charge in [-0.15, -0.1) is 11.3 Å². The van der Waals surface area contributed by atoms with Gasteiger partial charge in [-0.05, 0) is 31.2 Å². The van der Waals surface area contributed by atoms with Crippen molar-refractivity contribution >= 4 is 31.8 Å². The fraction of sp³-hybridized carbons (Fsp3) is 0.333. The van der Waals surface area contributed by atoms with Crippen molar-refractivity contribution in [2.75, 3.05) is 0 Å². The number of fused-ring (bicyclic) bond motifs is 4. The van der Waals surface area contributed by atoms with E-state index >= 15 is 0 Å². The van der Waals surface area contributed by atoms with Gasteiger partial charge in [-0.2, -0.15) is 13.2 Å². The molecule has 0 fully saturated rings. The summed E-state index contributed by atoms with van der Waals surface area (Å²) in [5.41, 5.74) is -0.641. The van der Waals surface area contributed by atoms with Crippen LogP contribution in [0.25, 0.3) is 20.4 Å². The molecule has 3 aromatic heterocycles. The number of nitrogens with zero attached hydrogens (tertiary/aromatic N) is 1. The number of aryl methyl sites for hydroxylation is 1. The van der Waals surface area contributed by atoms with E-state index in [2.05, 4.69) is 9.97 Å². The highest BCUT2D eigenvalue weighted by atomic mass is 32.1. The fourth-order valence-corrected chi connectivity index (χ4v) is 4.32. The van der Waals surface area contributed by atoms with Crippen LogP contribution in [0.4, 0.5) is 13.2 Å². The Morgan fingerprint density at radius 1 is 1.26 bits per heavy atom. The number of hydrogen-bond donors (Lipinski definition) is 2. The maximum atomic E-state index is 13.7. The van der Waals surface area contributed by atoms with Crippen molar-refractivity contribution < 1.29 is 18.3 Å². The van der Waals surface area contributed by atoms with E-state index in [9.17, 15) is 23.1 Å². The molecule has 1 aliphatic carbocycles. The van der Waals surface area contributed by atoms with Gasteiger partial charge in [0.1, 0.15) is 10.6 Å². The van der Waals surface area contributed by atoms with E-state index in [4.69, 9.17) is 0 Å².